The molecule has 0 saturated heterocycles. The van der Waals surface area contributed by atoms with Crippen molar-refractivity contribution in [1.82, 2.24) is 0 Å². The van der Waals surface area contributed by atoms with Crippen LogP contribution in [-0.2, 0) is 47.4 Å². The van der Waals surface area contributed by atoms with Gasteiger partial charge in [-0.1, -0.05) is 13.3 Å². The van der Waals surface area contributed by atoms with Gasteiger partial charge in [0.05, 0.1) is 148 Å². The Kier molecular flexibility index (Phi) is 52.6. The van der Waals surface area contributed by atoms with E-state index in [0.29, 0.717) is 6.42 Å². The van der Waals surface area contributed by atoms with Crippen LogP contribution in [0.15, 0.2) is 0 Å². The molecule has 8 atom stereocenters. The van der Waals surface area contributed by atoms with E-state index >= 15 is 0 Å². The second-order valence-corrected chi connectivity index (χ2v) is 22.4. The molecule has 25 heteroatoms. The van der Waals surface area contributed by atoms with Gasteiger partial charge < -0.3 is 124 Å². The zero-order valence-electron chi connectivity index (χ0n) is 49.0. The van der Waals surface area contributed by atoms with Crippen molar-refractivity contribution in [1.29, 1.82) is 0 Å². The van der Waals surface area contributed by atoms with Gasteiger partial charge >= 0.3 is 0 Å². The van der Waals surface area contributed by atoms with Gasteiger partial charge in [-0.25, -0.2) is 0 Å². The standard InChI is InChI=1S/C56H114O25/c1-2-3-46(18-64)26-72-34-54(35-73-27-47(19-65)4-11-57,36-74-28-48(20-66)5-12-58)42-80-44-56(40-78-32-52(24-70)9-16-62,41-79-33-53(25-71)10-17-63)45-81-43-55(37-75-29-49(21-67)6-13-59,38-76-30-50(22-68)7-14-60)39-77-31-51(23-69)8-15-61/h46-53,57-71H,2-45H2,1H3. The van der Waals surface area contributed by atoms with Crippen molar-refractivity contribution in [3.63, 3.8) is 0 Å². The molecule has 0 aliphatic carbocycles. The minimum Gasteiger partial charge on any atom is -0.396 e. The molecule has 0 heterocycles. The second kappa shape index (κ2) is 53.3. The van der Waals surface area contributed by atoms with Crippen LogP contribution < -0.4 is 0 Å². The van der Waals surface area contributed by atoms with E-state index in [2.05, 4.69) is 0 Å². The summed E-state index contributed by atoms with van der Waals surface area (Å²) >= 11 is 0. The highest BCUT2D eigenvalue weighted by molar-refractivity contribution is 4.86. The highest BCUT2D eigenvalue weighted by Gasteiger charge is 2.40. The third kappa shape index (κ3) is 38.0. The van der Waals surface area contributed by atoms with Crippen molar-refractivity contribution in [3.05, 3.63) is 0 Å². The number of hydrogen-bond donors (Lipinski definition) is 15. The van der Waals surface area contributed by atoms with Crippen LogP contribution in [0.5, 0.6) is 0 Å². The summed E-state index contributed by atoms with van der Waals surface area (Å²) in [7, 11) is 0. The van der Waals surface area contributed by atoms with Crippen LogP contribution in [-0.4, -0.2) is 308 Å². The lowest BCUT2D eigenvalue weighted by molar-refractivity contribution is -0.164. The SMILES string of the molecule is CCCC(CO)COCC(COCC(CO)CCO)(COCC(CO)CCO)COCC(COCC(CO)CCO)(COCC(CO)CCO)COCC(COCC(CO)CCO)(COCC(CO)CCO)COCC(CO)CCO. The molecule has 25 nitrogen and oxygen atoms in total. The van der Waals surface area contributed by atoms with Crippen molar-refractivity contribution >= 4 is 0 Å². The third-order valence-electron chi connectivity index (χ3n) is 14.3. The minimum absolute atomic E-state index is 0.00457. The normalized spacial score (nSPS) is 17.5. The maximum Gasteiger partial charge on any atom is 0.0637 e. The van der Waals surface area contributed by atoms with E-state index in [0.717, 1.165) is 6.42 Å². The van der Waals surface area contributed by atoms with Crippen LogP contribution in [0, 0.1) is 63.6 Å². The van der Waals surface area contributed by atoms with Gasteiger partial charge in [-0.15, -0.1) is 0 Å². The molecular weight excluding hydrogens is 1070 g/mol. The summed E-state index contributed by atoms with van der Waals surface area (Å²) in [6.07, 6.45) is 3.27. The van der Waals surface area contributed by atoms with Gasteiger partial charge in [0.15, 0.2) is 0 Å². The average molecular weight is 1190 g/mol. The fourth-order valence-corrected chi connectivity index (χ4v) is 8.76. The van der Waals surface area contributed by atoms with Crippen LogP contribution in [0.25, 0.3) is 0 Å². The molecule has 8 unspecified atom stereocenters. The summed E-state index contributed by atoms with van der Waals surface area (Å²) in [5.41, 5.74) is -3.51. The molecule has 0 aliphatic rings. The highest BCUT2D eigenvalue weighted by Crippen LogP contribution is 2.30. The molecule has 81 heavy (non-hydrogen) atoms. The highest BCUT2D eigenvalue weighted by atomic mass is 16.5. The van der Waals surface area contributed by atoms with E-state index in [-0.39, 0.29) is 282 Å². The van der Waals surface area contributed by atoms with E-state index < -0.39 is 57.7 Å². The van der Waals surface area contributed by atoms with Crippen LogP contribution in [0.1, 0.15) is 64.7 Å². The molecule has 0 fully saturated rings. The summed E-state index contributed by atoms with van der Waals surface area (Å²) in [6.45, 7) is -2.17. The zero-order valence-corrected chi connectivity index (χ0v) is 49.0. The Balaban J connectivity index is 7.87. The van der Waals surface area contributed by atoms with E-state index in [4.69, 9.17) is 47.4 Å². The third-order valence-corrected chi connectivity index (χ3v) is 14.3. The Morgan fingerprint density at radius 1 is 0.210 bits per heavy atom. The topological polar surface area (TPSA) is 396 Å². The summed E-state index contributed by atoms with van der Waals surface area (Å²) in [4.78, 5) is 0. The molecular formula is C56H114O25. The monoisotopic (exact) mass is 1190 g/mol. The Morgan fingerprint density at radius 2 is 0.346 bits per heavy atom. The number of rotatable bonds is 64. The Labute approximate surface area is 482 Å². The first-order valence-corrected chi connectivity index (χ1v) is 29.3. The molecule has 0 aromatic heterocycles. The molecule has 0 saturated carbocycles. The first kappa shape index (κ1) is 80.0. The quantitative estimate of drug-likeness (QED) is 0.0298. The summed E-state index contributed by atoms with van der Waals surface area (Å²) in [5.74, 6) is -3.15. The summed E-state index contributed by atoms with van der Waals surface area (Å²) in [5, 5.41) is 149. The number of aliphatic hydroxyl groups excluding tert-OH is 15. The van der Waals surface area contributed by atoms with Crippen LogP contribution in [0.2, 0.25) is 0 Å². The lowest BCUT2D eigenvalue weighted by Crippen LogP contribution is -2.48. The van der Waals surface area contributed by atoms with E-state index in [9.17, 15) is 76.6 Å². The molecule has 0 radical (unpaired) electrons. The second-order valence-electron chi connectivity index (χ2n) is 22.4. The van der Waals surface area contributed by atoms with E-state index in [1.807, 2.05) is 6.92 Å². The lowest BCUT2D eigenvalue weighted by atomic mass is 9.89. The Morgan fingerprint density at radius 3 is 0.469 bits per heavy atom. The van der Waals surface area contributed by atoms with Gasteiger partial charge in [0, 0.05) is 146 Å². The minimum atomic E-state index is -1.24. The Bertz CT molecular complexity index is 1130. The van der Waals surface area contributed by atoms with Crippen molar-refractivity contribution in [3.8, 4) is 0 Å². The number of aliphatic hydroxyl groups is 15. The lowest BCUT2D eigenvalue weighted by Gasteiger charge is -2.39. The first-order valence-electron chi connectivity index (χ1n) is 29.3. The van der Waals surface area contributed by atoms with Gasteiger partial charge in [0.25, 0.3) is 0 Å². The molecule has 0 amide bonds. The first-order chi connectivity index (χ1) is 39.4. The van der Waals surface area contributed by atoms with Gasteiger partial charge in [-0.2, -0.15) is 0 Å². The molecule has 488 valence electrons. The van der Waals surface area contributed by atoms with Crippen molar-refractivity contribution in [2.75, 3.05) is 231 Å². The zero-order chi connectivity index (χ0) is 60.3. The maximum atomic E-state index is 10.2. The largest absolute Gasteiger partial charge is 0.396 e. The molecule has 0 rings (SSSR count). The van der Waals surface area contributed by atoms with Crippen molar-refractivity contribution < 1.29 is 124 Å². The molecule has 0 spiro atoms. The van der Waals surface area contributed by atoms with E-state index in [1.165, 1.54) is 0 Å². The molecule has 0 aromatic rings. The van der Waals surface area contributed by atoms with Crippen molar-refractivity contribution in [2.45, 2.75) is 64.7 Å². The smallest absolute Gasteiger partial charge is 0.0637 e. The molecule has 15 N–H and O–H groups in total. The summed E-state index contributed by atoms with van der Waals surface area (Å²) in [6, 6.07) is 0. The predicted octanol–water partition coefficient (Wildman–Crippen LogP) is -2.54. The fourth-order valence-electron chi connectivity index (χ4n) is 8.76. The maximum absolute atomic E-state index is 10.2. The molecule has 0 aromatic carbocycles. The van der Waals surface area contributed by atoms with Gasteiger partial charge in [0.2, 0.25) is 0 Å². The van der Waals surface area contributed by atoms with Crippen LogP contribution >= 0.6 is 0 Å². The average Bonchev–Trinajstić information content (AvgIpc) is 3.47. The van der Waals surface area contributed by atoms with Crippen molar-refractivity contribution in [2.24, 2.45) is 63.6 Å². The van der Waals surface area contributed by atoms with Gasteiger partial charge in [-0.05, 0) is 51.4 Å². The molecule has 0 bridgehead atoms. The Hall–Kier alpha value is -1.00. The van der Waals surface area contributed by atoms with Gasteiger partial charge in [-0.3, -0.25) is 0 Å². The number of hydrogen-bond acceptors (Lipinski definition) is 25. The fraction of sp³-hybridized carbons (Fsp3) is 1.00. The predicted molar refractivity (Wildman–Crippen MR) is 297 cm³/mol. The number of ether oxygens (including phenoxy) is 10. The van der Waals surface area contributed by atoms with Gasteiger partial charge in [0.1, 0.15) is 0 Å². The van der Waals surface area contributed by atoms with E-state index in [1.54, 1.807) is 0 Å². The summed E-state index contributed by atoms with van der Waals surface area (Å²) < 4.78 is 64.0. The molecule has 0 aliphatic heterocycles. The van der Waals surface area contributed by atoms with Crippen LogP contribution in [0.4, 0.5) is 0 Å². The van der Waals surface area contributed by atoms with Crippen LogP contribution in [0.3, 0.4) is 0 Å².